The molecule has 0 radical (unpaired) electrons. The van der Waals surface area contributed by atoms with Crippen LogP contribution in [-0.4, -0.2) is 72.1 Å². The molecular weight excluding hydrogens is 534 g/mol. The minimum atomic E-state index is -2.73. The summed E-state index contributed by atoms with van der Waals surface area (Å²) in [7, 11) is 0. The summed E-state index contributed by atoms with van der Waals surface area (Å²) < 4.78 is 40.1. The number of carbonyl (C=O) groups is 1. The van der Waals surface area contributed by atoms with Crippen molar-refractivity contribution in [2.24, 2.45) is 0 Å². The van der Waals surface area contributed by atoms with E-state index >= 15 is 0 Å². The van der Waals surface area contributed by atoms with Crippen LogP contribution in [0, 0.1) is 0 Å². The van der Waals surface area contributed by atoms with Gasteiger partial charge < -0.3 is 14.5 Å². The first-order valence-electron chi connectivity index (χ1n) is 13.8. The zero-order chi connectivity index (χ0) is 28.5. The third kappa shape index (κ3) is 5.91. The minimum Gasteiger partial charge on any atom is -0.444 e. The second-order valence-corrected chi connectivity index (χ2v) is 10.8. The van der Waals surface area contributed by atoms with Crippen molar-refractivity contribution >= 4 is 11.6 Å². The quantitative estimate of drug-likeness (QED) is 0.316. The lowest BCUT2D eigenvalue weighted by molar-refractivity contribution is -0.0852. The van der Waals surface area contributed by atoms with Crippen LogP contribution in [0.3, 0.4) is 0 Å². The lowest BCUT2D eigenvalue weighted by Crippen LogP contribution is -2.51. The van der Waals surface area contributed by atoms with Gasteiger partial charge in [-0.25, -0.2) is 18.7 Å². The second kappa shape index (κ2) is 11.5. The number of hydrogen-bond acceptors (Lipinski definition) is 8. The number of halogens is 2. The topological polar surface area (TPSA) is 127 Å². The molecule has 216 valence electrons. The van der Waals surface area contributed by atoms with Crippen molar-refractivity contribution in [3.05, 3.63) is 54.4 Å². The van der Waals surface area contributed by atoms with Crippen molar-refractivity contribution in [1.82, 2.24) is 34.8 Å². The summed E-state index contributed by atoms with van der Waals surface area (Å²) in [5.74, 6) is -0.277. The Morgan fingerprint density at radius 1 is 1.10 bits per heavy atom. The van der Waals surface area contributed by atoms with Gasteiger partial charge in [-0.1, -0.05) is 6.07 Å². The fourth-order valence-corrected chi connectivity index (χ4v) is 5.83. The van der Waals surface area contributed by atoms with Crippen molar-refractivity contribution in [1.29, 1.82) is 0 Å². The number of aromatic amines is 1. The normalized spacial score (nSPS) is 23.6. The van der Waals surface area contributed by atoms with Crippen LogP contribution in [-0.2, 0) is 4.74 Å². The number of rotatable bonds is 7. The molecule has 1 amide bonds. The highest BCUT2D eigenvalue weighted by molar-refractivity contribution is 6.04. The molecule has 6 rings (SSSR count). The fraction of sp³-hybridized carbons (Fsp3) is 0.464. The highest BCUT2D eigenvalue weighted by Gasteiger charge is 2.32. The molecule has 0 unspecified atom stereocenters. The van der Waals surface area contributed by atoms with Gasteiger partial charge in [0, 0.05) is 31.5 Å². The molecule has 5 heterocycles. The zero-order valence-electron chi connectivity index (χ0n) is 22.8. The van der Waals surface area contributed by atoms with Gasteiger partial charge in [-0.3, -0.25) is 19.5 Å². The lowest BCUT2D eigenvalue weighted by Gasteiger charge is -2.42. The van der Waals surface area contributed by atoms with Crippen LogP contribution in [0.25, 0.3) is 22.8 Å². The Hall–Kier alpha value is -3.97. The van der Waals surface area contributed by atoms with E-state index in [1.54, 1.807) is 18.5 Å². The largest absolute Gasteiger partial charge is 0.444 e. The summed E-state index contributed by atoms with van der Waals surface area (Å²) in [5, 5.41) is 14.1. The van der Waals surface area contributed by atoms with Crippen molar-refractivity contribution in [2.45, 2.75) is 70.2 Å². The van der Waals surface area contributed by atoms with Crippen molar-refractivity contribution in [2.75, 3.05) is 18.4 Å². The number of pyridine rings is 1. The Morgan fingerprint density at radius 3 is 2.56 bits per heavy atom. The highest BCUT2D eigenvalue weighted by atomic mass is 19.3. The number of anilines is 1. The molecule has 13 heteroatoms. The molecular formula is C28H32F2N8O3. The fourth-order valence-electron chi connectivity index (χ4n) is 5.83. The van der Waals surface area contributed by atoms with Crippen LogP contribution in [0.2, 0.25) is 0 Å². The summed E-state index contributed by atoms with van der Waals surface area (Å²) in [5.41, 5.74) is 1.23. The Kier molecular flexibility index (Phi) is 7.63. The maximum atomic E-state index is 13.5. The number of oxazole rings is 1. The summed E-state index contributed by atoms with van der Waals surface area (Å²) >= 11 is 0. The van der Waals surface area contributed by atoms with Gasteiger partial charge in [0.1, 0.15) is 17.7 Å². The number of morpholine rings is 1. The van der Waals surface area contributed by atoms with Crippen LogP contribution >= 0.6 is 0 Å². The van der Waals surface area contributed by atoms with E-state index in [1.807, 2.05) is 4.68 Å². The molecule has 11 nitrogen and oxygen atoms in total. The van der Waals surface area contributed by atoms with Gasteiger partial charge in [0.2, 0.25) is 5.89 Å². The number of amides is 1. The van der Waals surface area contributed by atoms with E-state index < -0.39 is 12.3 Å². The van der Waals surface area contributed by atoms with Gasteiger partial charge in [-0.2, -0.15) is 10.2 Å². The maximum absolute atomic E-state index is 13.5. The lowest BCUT2D eigenvalue weighted by atomic mass is 9.89. The van der Waals surface area contributed by atoms with Gasteiger partial charge in [-0.15, -0.1) is 0 Å². The van der Waals surface area contributed by atoms with Gasteiger partial charge in [-0.05, 0) is 51.7 Å². The molecule has 1 saturated carbocycles. The number of alkyl halides is 2. The average Bonchev–Trinajstić information content (AvgIpc) is 3.74. The third-order valence-electron chi connectivity index (χ3n) is 7.70. The summed E-state index contributed by atoms with van der Waals surface area (Å²) in [4.78, 5) is 24.1. The molecule has 4 aromatic rings. The summed E-state index contributed by atoms with van der Waals surface area (Å²) in [6.45, 7) is 6.09. The van der Waals surface area contributed by atoms with Crippen LogP contribution in [0.4, 0.5) is 14.5 Å². The molecule has 4 aromatic heterocycles. The van der Waals surface area contributed by atoms with E-state index in [1.165, 1.54) is 24.6 Å². The number of nitrogens with zero attached hydrogens (tertiary/aromatic N) is 6. The molecule has 2 N–H and O–H groups in total. The van der Waals surface area contributed by atoms with Crippen LogP contribution < -0.4 is 5.32 Å². The Labute approximate surface area is 235 Å². The van der Waals surface area contributed by atoms with Crippen LogP contribution in [0.5, 0.6) is 0 Å². The standard InChI is InChI=1S/C28H32F2N8O3/c1-16-12-37(13-17(2)41-16)19-6-8-20(9-7-19)38-14-23(25(36-38)21-4-3-5-22(33-21)26(29)30)34-27(39)24-15-40-28(35-24)18-10-31-32-11-18/h3-5,10-11,14-17,19-20,26H,6-9,12-13H2,1-2H3,(H,31,32)(H,34,39)/t16-,17+,19?,20?. The molecule has 2 atom stereocenters. The molecule has 41 heavy (non-hydrogen) atoms. The molecule has 2 fully saturated rings. The Morgan fingerprint density at radius 2 is 1.85 bits per heavy atom. The molecule has 2 aliphatic rings. The first-order valence-corrected chi connectivity index (χ1v) is 13.8. The van der Waals surface area contributed by atoms with Crippen LogP contribution in [0.15, 0.2) is 47.5 Å². The molecule has 1 aliphatic heterocycles. The molecule has 0 aromatic carbocycles. The molecule has 0 spiro atoms. The second-order valence-electron chi connectivity index (χ2n) is 10.8. The monoisotopic (exact) mass is 566 g/mol. The van der Waals surface area contributed by atoms with E-state index in [0.717, 1.165) is 38.8 Å². The Bertz CT molecular complexity index is 1470. The van der Waals surface area contributed by atoms with Crippen molar-refractivity contribution in [3.8, 4) is 22.8 Å². The number of nitrogens with one attached hydrogen (secondary N) is 2. The maximum Gasteiger partial charge on any atom is 0.280 e. The predicted octanol–water partition coefficient (Wildman–Crippen LogP) is 5.11. The van der Waals surface area contributed by atoms with Gasteiger partial charge >= 0.3 is 0 Å². The first-order chi connectivity index (χ1) is 19.8. The van der Waals surface area contributed by atoms with Crippen LogP contribution in [0.1, 0.15) is 68.2 Å². The van der Waals surface area contributed by atoms with E-state index in [2.05, 4.69) is 44.2 Å². The Balaban J connectivity index is 1.23. The smallest absolute Gasteiger partial charge is 0.280 e. The molecule has 0 bridgehead atoms. The number of aromatic nitrogens is 6. The minimum absolute atomic E-state index is 0.0590. The van der Waals surface area contributed by atoms with Gasteiger partial charge in [0.15, 0.2) is 5.69 Å². The van der Waals surface area contributed by atoms with Crippen molar-refractivity contribution in [3.63, 3.8) is 0 Å². The SMILES string of the molecule is C[C@@H]1CN(C2CCC(n3cc(NC(=O)c4coc(-c5cn[nH]c5)n4)c(-c4cccc(C(F)F)n4)n3)CC2)C[C@H](C)O1. The zero-order valence-corrected chi connectivity index (χ0v) is 22.8. The van der Waals surface area contributed by atoms with E-state index in [4.69, 9.17) is 14.3 Å². The number of H-pyrrole nitrogens is 1. The third-order valence-corrected chi connectivity index (χ3v) is 7.70. The predicted molar refractivity (Wildman–Crippen MR) is 145 cm³/mol. The van der Waals surface area contributed by atoms with Crippen molar-refractivity contribution < 1.29 is 22.7 Å². The van der Waals surface area contributed by atoms with E-state index in [9.17, 15) is 13.6 Å². The first kappa shape index (κ1) is 27.2. The number of hydrogen-bond donors (Lipinski definition) is 2. The molecule has 1 saturated heterocycles. The average molecular weight is 567 g/mol. The van der Waals surface area contributed by atoms with E-state index in [0.29, 0.717) is 23.0 Å². The molecule has 1 aliphatic carbocycles. The number of carbonyl (C=O) groups excluding carboxylic acids is 1. The number of ether oxygens (including phenoxy) is 1. The van der Waals surface area contributed by atoms with Gasteiger partial charge in [0.05, 0.1) is 41.4 Å². The van der Waals surface area contributed by atoms with Gasteiger partial charge in [0.25, 0.3) is 12.3 Å². The van der Waals surface area contributed by atoms with E-state index in [-0.39, 0.29) is 41.2 Å². The highest BCUT2D eigenvalue weighted by Crippen LogP contribution is 2.35. The summed E-state index contributed by atoms with van der Waals surface area (Å²) in [6.07, 6.45) is 7.68. The summed E-state index contributed by atoms with van der Waals surface area (Å²) in [6, 6.07) is 4.97.